The van der Waals surface area contributed by atoms with Crippen molar-refractivity contribution < 1.29 is 40.1 Å². The minimum atomic E-state index is -1.45. The summed E-state index contributed by atoms with van der Waals surface area (Å²) in [5.74, 6) is 1.06. The monoisotopic (exact) mass is 620 g/mol. The average Bonchev–Trinajstić information content (AvgIpc) is 2.96. The molecule has 0 aromatic heterocycles. The van der Waals surface area contributed by atoms with Gasteiger partial charge in [0, 0.05) is 10.8 Å². The van der Waals surface area contributed by atoms with E-state index in [-0.39, 0.29) is 39.8 Å². The van der Waals surface area contributed by atoms with Crippen LogP contribution in [0.1, 0.15) is 106 Å². The Balaban J connectivity index is 1.34. The molecule has 15 atom stereocenters. The van der Waals surface area contributed by atoms with Crippen LogP contribution in [0.15, 0.2) is 11.6 Å². The number of aliphatic hydroxyl groups excluding tert-OH is 6. The molecule has 6 N–H and O–H groups in total. The van der Waals surface area contributed by atoms with Gasteiger partial charge in [-0.2, -0.15) is 0 Å². The normalized spacial score (nSPS) is 56.9. The molecule has 8 heteroatoms. The van der Waals surface area contributed by atoms with Crippen molar-refractivity contribution in [1.82, 2.24) is 0 Å². The zero-order chi connectivity index (χ0) is 32.3. The lowest BCUT2D eigenvalue weighted by atomic mass is 9.33. The first-order valence-electron chi connectivity index (χ1n) is 17.4. The van der Waals surface area contributed by atoms with Gasteiger partial charge in [0.2, 0.25) is 0 Å². The van der Waals surface area contributed by atoms with Crippen LogP contribution in [0.4, 0.5) is 0 Å². The molecule has 6 aliphatic rings. The summed E-state index contributed by atoms with van der Waals surface area (Å²) in [6, 6.07) is 0. The molecule has 0 aromatic rings. The van der Waals surface area contributed by atoms with Gasteiger partial charge in [-0.1, -0.05) is 60.1 Å². The molecule has 0 aromatic carbocycles. The van der Waals surface area contributed by atoms with Crippen molar-refractivity contribution in [2.75, 3.05) is 13.2 Å². The molecule has 44 heavy (non-hydrogen) atoms. The van der Waals surface area contributed by atoms with Crippen LogP contribution in [0.25, 0.3) is 0 Å². The highest BCUT2D eigenvalue weighted by atomic mass is 16.7. The van der Waals surface area contributed by atoms with E-state index >= 15 is 0 Å². The SMILES string of the molecule is CC1(C)C[C@@H](O[C@@H]2O[C@H](CO)[C@@H](O)[C@H](O)[C@H]2O)[C@]2(C)CC[C@]3(C)C(=CC[C@@H]4[C@@]5(C)CC[C@H](O)[C@](C)(CO)[C@@H]5CC[C@]43C)[C@@H]2C1. The maximum absolute atomic E-state index is 11.1. The van der Waals surface area contributed by atoms with Crippen molar-refractivity contribution >= 4 is 0 Å². The molecule has 5 aliphatic carbocycles. The predicted molar refractivity (Wildman–Crippen MR) is 166 cm³/mol. The van der Waals surface area contributed by atoms with Gasteiger partial charge in [0.25, 0.3) is 0 Å². The summed E-state index contributed by atoms with van der Waals surface area (Å²) in [4.78, 5) is 0. The largest absolute Gasteiger partial charge is 0.396 e. The quantitative estimate of drug-likeness (QED) is 0.260. The number of fused-ring (bicyclic) bond motifs is 7. The zero-order valence-corrected chi connectivity index (χ0v) is 28.1. The maximum atomic E-state index is 11.1. The van der Waals surface area contributed by atoms with E-state index in [0.717, 1.165) is 57.8 Å². The van der Waals surface area contributed by atoms with Crippen molar-refractivity contribution in [2.45, 2.75) is 149 Å². The Kier molecular flexibility index (Phi) is 8.11. The van der Waals surface area contributed by atoms with Crippen LogP contribution in [0.3, 0.4) is 0 Å². The Bertz CT molecular complexity index is 1140. The van der Waals surface area contributed by atoms with Gasteiger partial charge in [-0.3, -0.25) is 0 Å². The second kappa shape index (κ2) is 10.7. The Morgan fingerprint density at radius 3 is 2.16 bits per heavy atom. The van der Waals surface area contributed by atoms with Crippen molar-refractivity contribution in [3.05, 3.63) is 11.6 Å². The van der Waals surface area contributed by atoms with E-state index < -0.39 is 48.8 Å². The fourth-order valence-corrected chi connectivity index (χ4v) is 12.2. The van der Waals surface area contributed by atoms with E-state index in [0.29, 0.717) is 17.8 Å². The van der Waals surface area contributed by atoms with Gasteiger partial charge in [-0.15, -0.1) is 0 Å². The molecule has 0 unspecified atom stereocenters. The number of hydrogen-bond donors (Lipinski definition) is 6. The van der Waals surface area contributed by atoms with E-state index in [1.54, 1.807) is 5.57 Å². The third-order valence-electron chi connectivity index (χ3n) is 15.4. The van der Waals surface area contributed by atoms with Crippen molar-refractivity contribution in [3.8, 4) is 0 Å². The Morgan fingerprint density at radius 2 is 1.50 bits per heavy atom. The highest BCUT2D eigenvalue weighted by Crippen LogP contribution is 2.75. The molecule has 0 amide bonds. The third kappa shape index (κ3) is 4.44. The van der Waals surface area contributed by atoms with Gasteiger partial charge in [-0.25, -0.2) is 0 Å². The topological polar surface area (TPSA) is 140 Å². The van der Waals surface area contributed by atoms with E-state index in [1.807, 2.05) is 0 Å². The van der Waals surface area contributed by atoms with Gasteiger partial charge >= 0.3 is 0 Å². The minimum absolute atomic E-state index is 0.0147. The third-order valence-corrected chi connectivity index (χ3v) is 15.4. The van der Waals surface area contributed by atoms with Gasteiger partial charge in [0.15, 0.2) is 6.29 Å². The zero-order valence-electron chi connectivity index (χ0n) is 28.1. The van der Waals surface area contributed by atoms with Gasteiger partial charge < -0.3 is 40.1 Å². The molecule has 4 saturated carbocycles. The fourth-order valence-electron chi connectivity index (χ4n) is 12.2. The van der Waals surface area contributed by atoms with Crippen LogP contribution in [0, 0.1) is 50.2 Å². The molecule has 5 fully saturated rings. The van der Waals surface area contributed by atoms with Crippen LogP contribution >= 0.6 is 0 Å². The summed E-state index contributed by atoms with van der Waals surface area (Å²) >= 11 is 0. The second-order valence-electron chi connectivity index (χ2n) is 18.0. The Labute approximate surface area is 264 Å². The number of ether oxygens (including phenoxy) is 2. The molecule has 1 saturated heterocycles. The lowest BCUT2D eigenvalue weighted by Crippen LogP contribution is -2.66. The highest BCUT2D eigenvalue weighted by molar-refractivity contribution is 5.34. The lowest BCUT2D eigenvalue weighted by Gasteiger charge is -2.72. The van der Waals surface area contributed by atoms with Gasteiger partial charge in [-0.05, 0) is 97.2 Å². The van der Waals surface area contributed by atoms with Crippen LogP contribution < -0.4 is 0 Å². The number of hydrogen-bond acceptors (Lipinski definition) is 8. The van der Waals surface area contributed by atoms with E-state index in [2.05, 4.69) is 54.5 Å². The summed E-state index contributed by atoms with van der Waals surface area (Å²) < 4.78 is 12.5. The number of aliphatic hydroxyl groups is 6. The summed E-state index contributed by atoms with van der Waals surface area (Å²) in [5.41, 5.74) is 1.03. The van der Waals surface area contributed by atoms with Crippen LogP contribution in [0.5, 0.6) is 0 Å². The molecular weight excluding hydrogens is 560 g/mol. The molecule has 0 spiro atoms. The lowest BCUT2D eigenvalue weighted by molar-refractivity contribution is -0.328. The summed E-state index contributed by atoms with van der Waals surface area (Å²) in [6.07, 6.45) is 4.22. The molecule has 8 nitrogen and oxygen atoms in total. The van der Waals surface area contributed by atoms with Crippen LogP contribution in [-0.4, -0.2) is 86.8 Å². The molecule has 0 radical (unpaired) electrons. The van der Waals surface area contributed by atoms with Crippen molar-refractivity contribution in [3.63, 3.8) is 0 Å². The highest BCUT2D eigenvalue weighted by Gasteiger charge is 2.69. The number of allylic oxidation sites excluding steroid dienone is 2. The molecule has 0 bridgehead atoms. The minimum Gasteiger partial charge on any atom is -0.396 e. The summed E-state index contributed by atoms with van der Waals surface area (Å²) in [5, 5.41) is 63.1. The molecule has 252 valence electrons. The predicted octanol–water partition coefficient (Wildman–Crippen LogP) is 3.94. The maximum Gasteiger partial charge on any atom is 0.186 e. The summed E-state index contributed by atoms with van der Waals surface area (Å²) in [6.45, 7) is 16.1. The van der Waals surface area contributed by atoms with E-state index in [9.17, 15) is 30.6 Å². The molecule has 1 aliphatic heterocycles. The van der Waals surface area contributed by atoms with Crippen molar-refractivity contribution in [2.24, 2.45) is 50.2 Å². The van der Waals surface area contributed by atoms with Gasteiger partial charge in [0.1, 0.15) is 24.4 Å². The van der Waals surface area contributed by atoms with E-state index in [4.69, 9.17) is 9.47 Å². The molecular formula is C36H60O8. The van der Waals surface area contributed by atoms with Gasteiger partial charge in [0.05, 0.1) is 25.4 Å². The Morgan fingerprint density at radius 1 is 0.795 bits per heavy atom. The smallest absolute Gasteiger partial charge is 0.186 e. The molecule has 6 rings (SSSR count). The first kappa shape index (κ1) is 33.3. The molecule has 1 heterocycles. The van der Waals surface area contributed by atoms with Crippen molar-refractivity contribution in [1.29, 1.82) is 0 Å². The number of rotatable bonds is 4. The first-order valence-corrected chi connectivity index (χ1v) is 17.4. The van der Waals surface area contributed by atoms with E-state index in [1.165, 1.54) is 0 Å². The van der Waals surface area contributed by atoms with Crippen LogP contribution in [-0.2, 0) is 9.47 Å². The fraction of sp³-hybridized carbons (Fsp3) is 0.944. The average molecular weight is 621 g/mol. The van der Waals surface area contributed by atoms with Crippen LogP contribution in [0.2, 0.25) is 0 Å². The second-order valence-corrected chi connectivity index (χ2v) is 18.0. The standard InChI is InChI=1S/C36H60O8/c1-31(2)16-21-20-8-9-24-33(4)12-11-25(39)34(5,19-38)23(33)10-13-36(24,7)35(20,6)15-14-32(21,3)26(17-31)44-30-29(42)28(41)27(40)22(18-37)43-30/h8,21-30,37-42H,9-19H2,1-7H3/t21-,22+,23+,24+,25-,26+,27+,28-,29+,30-,32+,33-,34+,35+,36+/m0/s1. The first-order chi connectivity index (χ1) is 20.4. The summed E-state index contributed by atoms with van der Waals surface area (Å²) in [7, 11) is 0. The Hall–Kier alpha value is -0.580.